The maximum absolute atomic E-state index is 6.37. The Morgan fingerprint density at radius 3 is 2.71 bits per heavy atom. The highest BCUT2D eigenvalue weighted by Gasteiger charge is 2.48. The van der Waals surface area contributed by atoms with Gasteiger partial charge in [-0.05, 0) is 39.0 Å². The summed E-state index contributed by atoms with van der Waals surface area (Å²) < 4.78 is 5.81. The van der Waals surface area contributed by atoms with Crippen LogP contribution in [0.25, 0.3) is 0 Å². The summed E-state index contributed by atoms with van der Waals surface area (Å²) in [7, 11) is 0. The Kier molecular flexibility index (Phi) is 2.09. The zero-order valence-electron chi connectivity index (χ0n) is 8.63. The molecule has 3 rings (SSSR count). The number of ether oxygens (including phenoxy) is 1. The molecule has 2 bridgehead atoms. The summed E-state index contributed by atoms with van der Waals surface area (Å²) in [4.78, 5) is 0.0713. The summed E-state index contributed by atoms with van der Waals surface area (Å²) in [6.45, 7) is 2.21. The molecule has 0 amide bonds. The lowest BCUT2D eigenvalue weighted by Gasteiger charge is -2.27. The molecule has 0 aromatic rings. The molecule has 0 aromatic carbocycles. The third-order valence-electron chi connectivity index (χ3n) is 4.07. The molecule has 1 saturated carbocycles. The van der Waals surface area contributed by atoms with Crippen molar-refractivity contribution in [2.24, 2.45) is 0 Å². The molecular formula is C11H18ClNO. The molecule has 2 heterocycles. The Morgan fingerprint density at radius 2 is 2.21 bits per heavy atom. The van der Waals surface area contributed by atoms with E-state index in [9.17, 15) is 0 Å². The largest absolute Gasteiger partial charge is 0.373 e. The van der Waals surface area contributed by atoms with Crippen molar-refractivity contribution in [3.63, 3.8) is 0 Å². The van der Waals surface area contributed by atoms with Crippen LogP contribution in [-0.2, 0) is 4.74 Å². The minimum absolute atomic E-state index is 0.0713. The number of hydrogen-bond acceptors (Lipinski definition) is 2. The summed E-state index contributed by atoms with van der Waals surface area (Å²) in [6, 6.07) is 1.01. The normalized spacial score (nSPS) is 45.4. The molecule has 4 unspecified atom stereocenters. The minimum atomic E-state index is 0.0713. The zero-order chi connectivity index (χ0) is 9.76. The second-order valence-electron chi connectivity index (χ2n) is 5.14. The topological polar surface area (TPSA) is 21.3 Å². The van der Waals surface area contributed by atoms with E-state index in [-0.39, 0.29) is 4.87 Å². The van der Waals surface area contributed by atoms with Crippen molar-refractivity contribution in [2.75, 3.05) is 0 Å². The van der Waals surface area contributed by atoms with Crippen LogP contribution in [0, 0.1) is 0 Å². The number of alkyl halides is 1. The van der Waals surface area contributed by atoms with Gasteiger partial charge in [-0.2, -0.15) is 0 Å². The maximum atomic E-state index is 6.37. The van der Waals surface area contributed by atoms with Crippen LogP contribution >= 0.6 is 11.6 Å². The fraction of sp³-hybridized carbons (Fsp3) is 1.00. The third kappa shape index (κ3) is 1.48. The smallest absolute Gasteiger partial charge is 0.0733 e. The summed E-state index contributed by atoms with van der Waals surface area (Å²) >= 11 is 6.37. The molecule has 3 heteroatoms. The number of hydrogen-bond donors (Lipinski definition) is 1. The van der Waals surface area contributed by atoms with Gasteiger partial charge in [-0.3, -0.25) is 0 Å². The van der Waals surface area contributed by atoms with Gasteiger partial charge in [-0.25, -0.2) is 0 Å². The molecule has 0 radical (unpaired) electrons. The van der Waals surface area contributed by atoms with Crippen molar-refractivity contribution >= 4 is 11.6 Å². The van der Waals surface area contributed by atoms with Gasteiger partial charge >= 0.3 is 0 Å². The van der Waals surface area contributed by atoms with E-state index in [1.807, 2.05) is 0 Å². The van der Waals surface area contributed by atoms with Crippen LogP contribution in [0.15, 0.2) is 0 Å². The van der Waals surface area contributed by atoms with E-state index in [1.54, 1.807) is 0 Å². The summed E-state index contributed by atoms with van der Waals surface area (Å²) in [6.07, 6.45) is 7.06. The standard InChI is InChI=1S/C11H18ClNO/c1-7(11(12)4-5-11)13-9-6-8-2-3-10(9)14-8/h7-10,13H,2-6H2,1H3. The predicted octanol–water partition coefficient (Wildman–Crippen LogP) is 2.06. The van der Waals surface area contributed by atoms with Gasteiger partial charge in [0.2, 0.25) is 0 Å². The van der Waals surface area contributed by atoms with E-state index in [2.05, 4.69) is 12.2 Å². The molecular weight excluding hydrogens is 198 g/mol. The summed E-state index contributed by atoms with van der Waals surface area (Å²) in [5, 5.41) is 3.66. The second kappa shape index (κ2) is 3.10. The van der Waals surface area contributed by atoms with Crippen LogP contribution in [0.5, 0.6) is 0 Å². The molecule has 1 N–H and O–H groups in total. The molecule has 2 nitrogen and oxygen atoms in total. The lowest BCUT2D eigenvalue weighted by Crippen LogP contribution is -2.47. The average molecular weight is 216 g/mol. The second-order valence-corrected chi connectivity index (χ2v) is 5.89. The van der Waals surface area contributed by atoms with Crippen LogP contribution in [0.2, 0.25) is 0 Å². The lowest BCUT2D eigenvalue weighted by atomic mass is 9.94. The van der Waals surface area contributed by atoms with Gasteiger partial charge in [0.05, 0.1) is 17.1 Å². The Labute approximate surface area is 90.3 Å². The monoisotopic (exact) mass is 215 g/mol. The first-order valence-electron chi connectivity index (χ1n) is 5.78. The van der Waals surface area contributed by atoms with Gasteiger partial charge in [0.25, 0.3) is 0 Å². The van der Waals surface area contributed by atoms with Gasteiger partial charge in [-0.15, -0.1) is 11.6 Å². The van der Waals surface area contributed by atoms with Crippen LogP contribution in [-0.4, -0.2) is 29.2 Å². The van der Waals surface area contributed by atoms with Crippen molar-refractivity contribution in [1.29, 1.82) is 0 Å². The van der Waals surface area contributed by atoms with Crippen LogP contribution < -0.4 is 5.32 Å². The van der Waals surface area contributed by atoms with Crippen LogP contribution in [0.3, 0.4) is 0 Å². The lowest BCUT2D eigenvalue weighted by molar-refractivity contribution is 0.0961. The minimum Gasteiger partial charge on any atom is -0.373 e. The molecule has 0 aromatic heterocycles. The van der Waals surface area contributed by atoms with Crippen molar-refractivity contribution in [1.82, 2.24) is 5.32 Å². The highest BCUT2D eigenvalue weighted by atomic mass is 35.5. The van der Waals surface area contributed by atoms with Crippen LogP contribution in [0.4, 0.5) is 0 Å². The molecule has 1 aliphatic carbocycles. The van der Waals surface area contributed by atoms with Crippen LogP contribution in [0.1, 0.15) is 39.0 Å². The average Bonchev–Trinajstić information content (AvgIpc) is 2.63. The van der Waals surface area contributed by atoms with E-state index in [1.165, 1.54) is 32.1 Å². The van der Waals surface area contributed by atoms with Gasteiger partial charge in [-0.1, -0.05) is 0 Å². The Bertz CT molecular complexity index is 241. The molecule has 2 saturated heterocycles. The van der Waals surface area contributed by atoms with Gasteiger partial charge in [0.1, 0.15) is 0 Å². The maximum Gasteiger partial charge on any atom is 0.0733 e. The number of fused-ring (bicyclic) bond motifs is 2. The SMILES string of the molecule is CC(NC1CC2CCC1O2)C1(Cl)CC1. The van der Waals surface area contributed by atoms with Crippen molar-refractivity contribution in [3.8, 4) is 0 Å². The van der Waals surface area contributed by atoms with E-state index in [4.69, 9.17) is 16.3 Å². The van der Waals surface area contributed by atoms with Crippen molar-refractivity contribution in [2.45, 2.75) is 68.2 Å². The van der Waals surface area contributed by atoms with E-state index in [0.29, 0.717) is 24.3 Å². The molecule has 3 aliphatic rings. The Hall–Kier alpha value is 0.210. The zero-order valence-corrected chi connectivity index (χ0v) is 9.39. The van der Waals surface area contributed by atoms with Gasteiger partial charge < -0.3 is 10.1 Å². The van der Waals surface area contributed by atoms with E-state index >= 15 is 0 Å². The highest BCUT2D eigenvalue weighted by Crippen LogP contribution is 2.46. The van der Waals surface area contributed by atoms with E-state index < -0.39 is 0 Å². The fourth-order valence-electron chi connectivity index (χ4n) is 2.84. The van der Waals surface area contributed by atoms with Gasteiger partial charge in [0.15, 0.2) is 0 Å². The molecule has 4 atom stereocenters. The number of nitrogens with one attached hydrogen (secondary N) is 1. The molecule has 0 spiro atoms. The third-order valence-corrected chi connectivity index (χ3v) is 4.78. The first-order chi connectivity index (χ1) is 6.67. The Balaban J connectivity index is 1.57. The van der Waals surface area contributed by atoms with Crippen molar-refractivity contribution < 1.29 is 4.74 Å². The number of halogens is 1. The Morgan fingerprint density at radius 1 is 1.43 bits per heavy atom. The first-order valence-corrected chi connectivity index (χ1v) is 6.16. The first kappa shape index (κ1) is 9.44. The summed E-state index contributed by atoms with van der Waals surface area (Å²) in [5.74, 6) is 0. The number of rotatable bonds is 3. The molecule has 2 aliphatic heterocycles. The molecule has 80 valence electrons. The van der Waals surface area contributed by atoms with Crippen molar-refractivity contribution in [3.05, 3.63) is 0 Å². The molecule has 14 heavy (non-hydrogen) atoms. The van der Waals surface area contributed by atoms with E-state index in [0.717, 1.165) is 0 Å². The molecule has 3 fully saturated rings. The fourth-order valence-corrected chi connectivity index (χ4v) is 2.99. The van der Waals surface area contributed by atoms with Gasteiger partial charge in [0, 0.05) is 12.1 Å². The quantitative estimate of drug-likeness (QED) is 0.728. The highest BCUT2D eigenvalue weighted by molar-refractivity contribution is 6.26. The summed E-state index contributed by atoms with van der Waals surface area (Å²) in [5.41, 5.74) is 0. The predicted molar refractivity (Wildman–Crippen MR) is 56.7 cm³/mol.